The van der Waals surface area contributed by atoms with Crippen molar-refractivity contribution in [3.8, 4) is 5.75 Å². The predicted molar refractivity (Wildman–Crippen MR) is 147 cm³/mol. The van der Waals surface area contributed by atoms with Crippen LogP contribution in [-0.4, -0.2) is 58.6 Å². The van der Waals surface area contributed by atoms with Crippen molar-refractivity contribution in [2.75, 3.05) is 31.0 Å². The van der Waals surface area contributed by atoms with Crippen LogP contribution in [0.15, 0.2) is 76.8 Å². The number of phenolic OH excluding ortho intramolecular Hbond substituents is 1. The van der Waals surface area contributed by atoms with Crippen LogP contribution in [0.3, 0.4) is 0 Å². The smallest absolute Gasteiger partial charge is 0.278 e. The highest BCUT2D eigenvalue weighted by Gasteiger charge is 2.35. The number of nitro groups is 1. The quantitative estimate of drug-likeness (QED) is 0.187. The van der Waals surface area contributed by atoms with Gasteiger partial charge in [0.1, 0.15) is 11.5 Å². The summed E-state index contributed by atoms with van der Waals surface area (Å²) >= 11 is 5.24. The highest BCUT2D eigenvalue weighted by Crippen LogP contribution is 2.34. The lowest BCUT2D eigenvalue weighted by molar-refractivity contribution is -0.384. The van der Waals surface area contributed by atoms with Crippen LogP contribution in [0.5, 0.6) is 5.75 Å². The van der Waals surface area contributed by atoms with Crippen molar-refractivity contribution in [2.45, 2.75) is 0 Å². The van der Waals surface area contributed by atoms with Crippen molar-refractivity contribution in [2.24, 2.45) is 10.1 Å². The van der Waals surface area contributed by atoms with E-state index in [1.54, 1.807) is 54.6 Å². The second-order valence-corrected chi connectivity index (χ2v) is 8.75. The Morgan fingerprint density at radius 1 is 1.16 bits per heavy atom. The van der Waals surface area contributed by atoms with Gasteiger partial charge in [0, 0.05) is 23.4 Å². The minimum absolute atomic E-state index is 0.113. The molecule has 11 nitrogen and oxygen atoms in total. The molecule has 0 saturated carbocycles. The van der Waals surface area contributed by atoms with E-state index in [2.05, 4.69) is 20.8 Å². The van der Waals surface area contributed by atoms with Crippen molar-refractivity contribution in [3.63, 3.8) is 0 Å². The Morgan fingerprint density at radius 3 is 2.59 bits per heavy atom. The van der Waals surface area contributed by atoms with Gasteiger partial charge in [-0.25, -0.2) is 4.99 Å². The molecule has 1 heterocycles. The number of nitrogens with zero attached hydrogens (tertiary/aromatic N) is 5. The zero-order valence-corrected chi connectivity index (χ0v) is 20.8. The number of fused-ring (bicyclic) bond motifs is 1. The SMILES string of the molecule is CN(C)CN1C(=O)C(=Nc2ccc(NC(=S)NN=Cc3cccc(O)c3)cc2)c2cc([N+](=O)[O-])ccc21. The van der Waals surface area contributed by atoms with Crippen molar-refractivity contribution in [3.05, 3.63) is 88.0 Å². The minimum atomic E-state index is -0.498. The summed E-state index contributed by atoms with van der Waals surface area (Å²) in [6.07, 6.45) is 1.52. The third-order valence-corrected chi connectivity index (χ3v) is 5.42. The first-order valence-electron chi connectivity index (χ1n) is 11.0. The molecule has 0 aliphatic carbocycles. The maximum Gasteiger partial charge on any atom is 0.278 e. The van der Waals surface area contributed by atoms with E-state index in [9.17, 15) is 20.0 Å². The molecule has 37 heavy (non-hydrogen) atoms. The maximum absolute atomic E-state index is 13.2. The lowest BCUT2D eigenvalue weighted by atomic mass is 10.1. The number of phenols is 1. The van der Waals surface area contributed by atoms with Crippen molar-refractivity contribution in [1.82, 2.24) is 10.3 Å². The zero-order valence-electron chi connectivity index (χ0n) is 20.0. The molecule has 0 bridgehead atoms. The number of thiocarbonyl (C=S) groups is 1. The van der Waals surface area contributed by atoms with Crippen LogP contribution in [0.1, 0.15) is 11.1 Å². The number of carbonyl (C=O) groups is 1. The molecular weight excluding hydrogens is 494 g/mol. The predicted octanol–water partition coefficient (Wildman–Crippen LogP) is 3.61. The Kier molecular flexibility index (Phi) is 7.51. The molecule has 1 aliphatic heterocycles. The van der Waals surface area contributed by atoms with Gasteiger partial charge in [0.05, 0.1) is 29.2 Å². The van der Waals surface area contributed by atoms with Crippen LogP contribution < -0.4 is 15.6 Å². The molecule has 0 aromatic heterocycles. The number of rotatable bonds is 7. The van der Waals surface area contributed by atoms with Gasteiger partial charge in [0.2, 0.25) is 0 Å². The fourth-order valence-corrected chi connectivity index (χ4v) is 3.79. The van der Waals surface area contributed by atoms with E-state index in [0.29, 0.717) is 34.9 Å². The normalized spacial score (nSPS) is 13.9. The number of aliphatic imine (C=N–C) groups is 1. The van der Waals surface area contributed by atoms with E-state index in [4.69, 9.17) is 12.2 Å². The Balaban J connectivity index is 1.49. The van der Waals surface area contributed by atoms with Gasteiger partial charge in [-0.3, -0.25) is 30.1 Å². The molecule has 0 unspecified atom stereocenters. The maximum atomic E-state index is 13.2. The Morgan fingerprint density at radius 2 is 1.92 bits per heavy atom. The van der Waals surface area contributed by atoms with Crippen molar-refractivity contribution < 1.29 is 14.8 Å². The lowest BCUT2D eigenvalue weighted by Gasteiger charge is -2.21. The third-order valence-electron chi connectivity index (χ3n) is 5.22. The Hall–Kier alpha value is -4.68. The van der Waals surface area contributed by atoms with Crippen LogP contribution in [0.25, 0.3) is 0 Å². The highest BCUT2D eigenvalue weighted by molar-refractivity contribution is 7.80. The van der Waals surface area contributed by atoms with Crippen LogP contribution in [0.2, 0.25) is 0 Å². The minimum Gasteiger partial charge on any atom is -0.508 e. The van der Waals surface area contributed by atoms with E-state index >= 15 is 0 Å². The molecule has 4 rings (SSSR count). The summed E-state index contributed by atoms with van der Waals surface area (Å²) in [7, 11) is 3.66. The summed E-state index contributed by atoms with van der Waals surface area (Å²) in [4.78, 5) is 31.8. The molecule has 188 valence electrons. The summed E-state index contributed by atoms with van der Waals surface area (Å²) in [5, 5.41) is 28.1. The monoisotopic (exact) mass is 517 g/mol. The van der Waals surface area contributed by atoms with Crippen molar-refractivity contribution in [1.29, 1.82) is 0 Å². The Bertz CT molecular complexity index is 1420. The fourth-order valence-electron chi connectivity index (χ4n) is 3.62. The average Bonchev–Trinajstić information content (AvgIpc) is 3.10. The molecule has 3 aromatic rings. The molecule has 3 aromatic carbocycles. The largest absolute Gasteiger partial charge is 0.508 e. The highest BCUT2D eigenvalue weighted by atomic mass is 32.1. The first kappa shape index (κ1) is 25.4. The topological polar surface area (TPSA) is 136 Å². The number of nitro benzene ring substituents is 1. The summed E-state index contributed by atoms with van der Waals surface area (Å²) in [6, 6.07) is 17.8. The van der Waals surface area contributed by atoms with Gasteiger partial charge >= 0.3 is 0 Å². The van der Waals surface area contributed by atoms with Crippen LogP contribution in [0.4, 0.5) is 22.7 Å². The molecule has 12 heteroatoms. The number of non-ortho nitro benzene ring substituents is 1. The molecule has 0 radical (unpaired) electrons. The first-order chi connectivity index (χ1) is 17.7. The van der Waals surface area contributed by atoms with Crippen LogP contribution in [-0.2, 0) is 4.79 Å². The summed E-state index contributed by atoms with van der Waals surface area (Å²) < 4.78 is 0. The van der Waals surface area contributed by atoms with E-state index in [-0.39, 0.29) is 28.2 Å². The van der Waals surface area contributed by atoms with Gasteiger partial charge in [-0.15, -0.1) is 0 Å². The second-order valence-electron chi connectivity index (χ2n) is 8.34. The number of hydrazone groups is 1. The van der Waals surface area contributed by atoms with E-state index in [1.165, 1.54) is 23.2 Å². The summed E-state index contributed by atoms with van der Waals surface area (Å²) in [5.41, 5.74) is 5.58. The molecular formula is C25H23N7O4S. The molecule has 1 aliphatic rings. The second kappa shape index (κ2) is 10.9. The van der Waals surface area contributed by atoms with Gasteiger partial charge in [-0.2, -0.15) is 5.10 Å². The van der Waals surface area contributed by atoms with Gasteiger partial charge in [-0.1, -0.05) is 12.1 Å². The third kappa shape index (κ3) is 6.12. The zero-order chi connectivity index (χ0) is 26.5. The van der Waals surface area contributed by atoms with E-state index in [1.807, 2.05) is 19.0 Å². The van der Waals surface area contributed by atoms with Crippen LogP contribution >= 0.6 is 12.2 Å². The molecule has 0 atom stereocenters. The van der Waals surface area contributed by atoms with Gasteiger partial charge < -0.3 is 10.4 Å². The number of anilines is 2. The van der Waals surface area contributed by atoms with Crippen molar-refractivity contribution >= 4 is 57.9 Å². The lowest BCUT2D eigenvalue weighted by Crippen LogP contribution is -2.37. The number of benzene rings is 3. The average molecular weight is 518 g/mol. The number of carbonyl (C=O) groups excluding carboxylic acids is 1. The van der Waals surface area contributed by atoms with Gasteiger partial charge in [0.15, 0.2) is 5.11 Å². The first-order valence-corrected chi connectivity index (χ1v) is 11.5. The number of nitrogens with one attached hydrogen (secondary N) is 2. The molecule has 0 spiro atoms. The number of hydrogen-bond acceptors (Lipinski definition) is 8. The van der Waals surface area contributed by atoms with E-state index in [0.717, 1.165) is 0 Å². The molecule has 0 saturated heterocycles. The number of amides is 1. The van der Waals surface area contributed by atoms with Crippen LogP contribution in [0, 0.1) is 10.1 Å². The fraction of sp³-hybridized carbons (Fsp3) is 0.120. The van der Waals surface area contributed by atoms with Gasteiger partial charge in [-0.05, 0) is 74.3 Å². The van der Waals surface area contributed by atoms with Gasteiger partial charge in [0.25, 0.3) is 11.6 Å². The standard InChI is InChI=1S/C25H23N7O4S/c1-30(2)15-31-22-11-10-19(32(35)36)13-21(22)23(24(31)34)27-17-6-8-18(9-7-17)28-25(37)29-26-14-16-4-3-5-20(33)12-16/h3-14,33H,15H2,1-2H3,(H2,28,29,37). The summed E-state index contributed by atoms with van der Waals surface area (Å²) in [5.74, 6) is -0.193. The molecule has 0 fully saturated rings. The van der Waals surface area contributed by atoms with E-state index < -0.39 is 4.92 Å². The molecule has 3 N–H and O–H groups in total. The number of hydrogen-bond donors (Lipinski definition) is 3. The Labute approximate surface area is 217 Å². The number of aromatic hydroxyl groups is 1. The molecule has 1 amide bonds. The summed E-state index contributed by atoms with van der Waals surface area (Å²) in [6.45, 7) is 0.309.